The van der Waals surface area contributed by atoms with Gasteiger partial charge in [-0.1, -0.05) is 74.5 Å². The minimum absolute atomic E-state index is 0.272. The van der Waals surface area contributed by atoms with Crippen molar-refractivity contribution in [3.63, 3.8) is 0 Å². The number of aliphatic imine (C=N–C) groups is 1. The van der Waals surface area contributed by atoms with Crippen LogP contribution in [0.2, 0.25) is 0 Å². The van der Waals surface area contributed by atoms with Gasteiger partial charge in [0.2, 0.25) is 0 Å². The third-order valence-corrected chi connectivity index (χ3v) is 7.39. The molecular formula is C25H28NOP. The number of methoxy groups -OCH3 is 1. The highest BCUT2D eigenvalue weighted by Gasteiger charge is 2.21. The van der Waals surface area contributed by atoms with Crippen LogP contribution in [0.4, 0.5) is 0 Å². The van der Waals surface area contributed by atoms with Gasteiger partial charge in [-0.15, -0.1) is 0 Å². The van der Waals surface area contributed by atoms with Crippen LogP contribution < -0.4 is 15.3 Å². The first kappa shape index (κ1) is 20.3. The first-order valence-electron chi connectivity index (χ1n) is 9.72. The Labute approximate surface area is 170 Å². The van der Waals surface area contributed by atoms with Gasteiger partial charge < -0.3 is 4.74 Å². The molecule has 0 radical (unpaired) electrons. The number of hydrogen-bond acceptors (Lipinski definition) is 2. The van der Waals surface area contributed by atoms with E-state index in [-0.39, 0.29) is 6.04 Å². The molecule has 0 N–H and O–H groups in total. The van der Waals surface area contributed by atoms with Gasteiger partial charge in [0.1, 0.15) is 5.75 Å². The van der Waals surface area contributed by atoms with E-state index in [1.165, 1.54) is 10.6 Å². The summed E-state index contributed by atoms with van der Waals surface area (Å²) < 4.78 is 5.24. The summed E-state index contributed by atoms with van der Waals surface area (Å²) in [5, 5.41) is 2.82. The van der Waals surface area contributed by atoms with Crippen molar-refractivity contribution in [1.29, 1.82) is 0 Å². The molecule has 0 spiro atoms. The summed E-state index contributed by atoms with van der Waals surface area (Å²) in [6.45, 7) is 4.53. The summed E-state index contributed by atoms with van der Waals surface area (Å²) in [4.78, 5) is 4.99. The van der Waals surface area contributed by atoms with Crippen LogP contribution in [0.15, 0.2) is 89.9 Å². The molecule has 2 nitrogen and oxygen atoms in total. The lowest BCUT2D eigenvalue weighted by Crippen LogP contribution is -2.24. The van der Waals surface area contributed by atoms with Crippen molar-refractivity contribution >= 4 is 24.7 Å². The molecule has 0 aliphatic heterocycles. The van der Waals surface area contributed by atoms with Gasteiger partial charge in [-0.05, 0) is 60.4 Å². The Kier molecular flexibility index (Phi) is 7.39. The lowest BCUT2D eigenvalue weighted by atomic mass is 10.1. The van der Waals surface area contributed by atoms with E-state index < -0.39 is 7.92 Å². The fourth-order valence-corrected chi connectivity index (χ4v) is 5.74. The third kappa shape index (κ3) is 5.53. The molecule has 3 heteroatoms. The Morgan fingerprint density at radius 2 is 1.36 bits per heavy atom. The van der Waals surface area contributed by atoms with Crippen LogP contribution in [-0.4, -0.2) is 25.5 Å². The largest absolute Gasteiger partial charge is 0.497 e. The average molecular weight is 389 g/mol. The molecule has 0 bridgehead atoms. The van der Waals surface area contributed by atoms with E-state index in [2.05, 4.69) is 86.6 Å². The molecule has 0 heterocycles. The van der Waals surface area contributed by atoms with E-state index >= 15 is 0 Å². The second kappa shape index (κ2) is 10.2. The highest BCUT2D eigenvalue weighted by atomic mass is 31.1. The van der Waals surface area contributed by atoms with Gasteiger partial charge in [-0.25, -0.2) is 0 Å². The van der Waals surface area contributed by atoms with Crippen LogP contribution in [0.5, 0.6) is 5.75 Å². The Balaban J connectivity index is 1.84. The Morgan fingerprint density at radius 1 is 0.821 bits per heavy atom. The van der Waals surface area contributed by atoms with E-state index in [4.69, 9.17) is 9.73 Å². The van der Waals surface area contributed by atoms with E-state index in [9.17, 15) is 0 Å². The summed E-state index contributed by atoms with van der Waals surface area (Å²) in [6.07, 6.45) is 3.06. The molecule has 3 rings (SSSR count). The highest BCUT2D eigenvalue weighted by Crippen LogP contribution is 2.36. The lowest BCUT2D eigenvalue weighted by molar-refractivity contribution is 0.415. The molecule has 28 heavy (non-hydrogen) atoms. The zero-order valence-electron chi connectivity index (χ0n) is 16.8. The normalized spacial score (nSPS) is 12.6. The maximum Gasteiger partial charge on any atom is 0.118 e. The summed E-state index contributed by atoms with van der Waals surface area (Å²) in [5.41, 5.74) is 1.11. The van der Waals surface area contributed by atoms with Crippen molar-refractivity contribution in [2.45, 2.75) is 19.9 Å². The van der Waals surface area contributed by atoms with Gasteiger partial charge in [0.25, 0.3) is 0 Å². The Morgan fingerprint density at radius 3 is 1.82 bits per heavy atom. The standard InChI is InChI=1S/C25H28NOP/c1-20(2)25(26-18-21-14-16-22(27-3)17-15-21)19-28(23-10-6-4-7-11-23)24-12-8-5-9-13-24/h4-18,20,25H,19H2,1-3H3/t25-/m1/s1. The molecule has 0 unspecified atom stereocenters. The van der Waals surface area contributed by atoms with Crippen LogP contribution in [0.3, 0.4) is 0 Å². The van der Waals surface area contributed by atoms with Crippen molar-refractivity contribution in [1.82, 2.24) is 0 Å². The predicted octanol–water partition coefficient (Wildman–Crippen LogP) is 5.27. The number of ether oxygens (including phenoxy) is 1. The fraction of sp³-hybridized carbons (Fsp3) is 0.240. The van der Waals surface area contributed by atoms with Crippen LogP contribution in [0.25, 0.3) is 0 Å². The summed E-state index contributed by atoms with van der Waals surface area (Å²) in [6, 6.07) is 30.1. The summed E-state index contributed by atoms with van der Waals surface area (Å²) in [5.74, 6) is 1.35. The minimum Gasteiger partial charge on any atom is -0.497 e. The van der Waals surface area contributed by atoms with Crippen LogP contribution >= 0.6 is 7.92 Å². The van der Waals surface area contributed by atoms with Gasteiger partial charge in [0, 0.05) is 6.21 Å². The van der Waals surface area contributed by atoms with E-state index in [0.717, 1.165) is 17.5 Å². The number of benzene rings is 3. The molecule has 3 aromatic rings. The van der Waals surface area contributed by atoms with Gasteiger partial charge in [-0.2, -0.15) is 0 Å². The van der Waals surface area contributed by atoms with Crippen molar-refractivity contribution < 1.29 is 4.74 Å². The monoisotopic (exact) mass is 389 g/mol. The average Bonchev–Trinajstić information content (AvgIpc) is 2.75. The van der Waals surface area contributed by atoms with Gasteiger partial charge in [0.05, 0.1) is 13.2 Å². The highest BCUT2D eigenvalue weighted by molar-refractivity contribution is 7.73. The maximum atomic E-state index is 5.24. The van der Waals surface area contributed by atoms with Crippen molar-refractivity contribution in [2.24, 2.45) is 10.9 Å². The Bertz CT molecular complexity index is 821. The van der Waals surface area contributed by atoms with Crippen LogP contribution in [0.1, 0.15) is 19.4 Å². The van der Waals surface area contributed by atoms with Gasteiger partial charge in [0.15, 0.2) is 0 Å². The second-order valence-corrected chi connectivity index (χ2v) is 9.40. The molecule has 0 saturated heterocycles. The first-order valence-corrected chi connectivity index (χ1v) is 11.2. The zero-order chi connectivity index (χ0) is 19.8. The molecule has 0 aromatic heterocycles. The van der Waals surface area contributed by atoms with E-state index in [1.54, 1.807) is 7.11 Å². The Hall–Kier alpha value is -2.44. The quantitative estimate of drug-likeness (QED) is 0.380. The smallest absolute Gasteiger partial charge is 0.118 e. The van der Waals surface area contributed by atoms with E-state index in [0.29, 0.717) is 5.92 Å². The molecule has 0 aliphatic rings. The molecule has 0 saturated carbocycles. The van der Waals surface area contributed by atoms with E-state index in [1.807, 2.05) is 18.3 Å². The predicted molar refractivity (Wildman–Crippen MR) is 123 cm³/mol. The molecular weight excluding hydrogens is 361 g/mol. The summed E-state index contributed by atoms with van der Waals surface area (Å²) in [7, 11) is 1.24. The lowest BCUT2D eigenvalue weighted by Gasteiger charge is -2.25. The molecule has 0 amide bonds. The minimum atomic E-state index is -0.445. The molecule has 144 valence electrons. The molecule has 0 aliphatic carbocycles. The zero-order valence-corrected chi connectivity index (χ0v) is 17.7. The summed E-state index contributed by atoms with van der Waals surface area (Å²) >= 11 is 0. The fourth-order valence-electron chi connectivity index (χ4n) is 3.06. The topological polar surface area (TPSA) is 21.6 Å². The molecule has 1 atom stereocenters. The number of nitrogens with zero attached hydrogens (tertiary/aromatic N) is 1. The number of hydrogen-bond donors (Lipinski definition) is 0. The molecule has 3 aromatic carbocycles. The van der Waals surface area contributed by atoms with Crippen molar-refractivity contribution in [3.8, 4) is 5.75 Å². The van der Waals surface area contributed by atoms with Crippen molar-refractivity contribution in [2.75, 3.05) is 13.3 Å². The first-order chi connectivity index (χ1) is 13.7. The second-order valence-electron chi connectivity index (χ2n) is 7.14. The third-order valence-electron chi connectivity index (χ3n) is 4.81. The SMILES string of the molecule is COc1ccc(C=N[C@H](CP(c2ccccc2)c2ccccc2)C(C)C)cc1. The van der Waals surface area contributed by atoms with Gasteiger partial charge >= 0.3 is 0 Å². The molecule has 0 fully saturated rings. The van der Waals surface area contributed by atoms with Crippen LogP contribution in [-0.2, 0) is 0 Å². The van der Waals surface area contributed by atoms with Crippen LogP contribution in [0, 0.1) is 5.92 Å². The maximum absolute atomic E-state index is 5.24. The van der Waals surface area contributed by atoms with Gasteiger partial charge in [-0.3, -0.25) is 4.99 Å². The number of rotatable bonds is 8. The van der Waals surface area contributed by atoms with Crippen molar-refractivity contribution in [3.05, 3.63) is 90.5 Å².